The Labute approximate surface area is 359 Å². The first-order valence-electron chi connectivity index (χ1n) is 22.4. The van der Waals surface area contributed by atoms with Crippen LogP contribution in [-0.2, 0) is 29.5 Å². The summed E-state index contributed by atoms with van der Waals surface area (Å²) in [7, 11) is -2.37. The molecule has 3 aromatic carbocycles. The van der Waals surface area contributed by atoms with E-state index in [1.54, 1.807) is 42.5 Å². The van der Waals surface area contributed by atoms with Crippen molar-refractivity contribution in [1.29, 1.82) is 0 Å². The number of piperidine rings is 2. The predicted molar refractivity (Wildman–Crippen MR) is 229 cm³/mol. The molecule has 9 rings (SSSR count). The molecule has 0 unspecified atom stereocenters. The van der Waals surface area contributed by atoms with Gasteiger partial charge in [0, 0.05) is 54.7 Å². The highest BCUT2D eigenvalue weighted by Crippen LogP contribution is 2.54. The van der Waals surface area contributed by atoms with Crippen LogP contribution in [0.5, 0.6) is 0 Å². The molecule has 6 fully saturated rings. The van der Waals surface area contributed by atoms with Gasteiger partial charge in [-0.3, -0.25) is 14.5 Å². The van der Waals surface area contributed by atoms with Crippen molar-refractivity contribution in [2.75, 3.05) is 90.7 Å². The molecule has 5 saturated heterocycles. The number of alkyl halides is 1. The fourth-order valence-electron chi connectivity index (χ4n) is 11.8. The Kier molecular flexibility index (Phi) is 11.8. The van der Waals surface area contributed by atoms with E-state index in [-0.39, 0.29) is 69.2 Å². The molecule has 6 aliphatic rings. The number of carbonyl (C=O) groups is 2. The second kappa shape index (κ2) is 17.0. The smallest absolute Gasteiger partial charge is 0.305 e. The minimum absolute atomic E-state index is 0.0853. The number of esters is 1. The number of rotatable bonds is 13. The van der Waals surface area contributed by atoms with E-state index in [0.717, 1.165) is 109 Å². The molecule has 10 nitrogen and oxygen atoms in total. The van der Waals surface area contributed by atoms with Crippen molar-refractivity contribution in [2.45, 2.75) is 78.7 Å². The third kappa shape index (κ3) is 8.36. The average molecular weight is 859 g/mol. The molecule has 3 aromatic rings. The van der Waals surface area contributed by atoms with E-state index in [0.29, 0.717) is 31.6 Å². The number of nitrogens with zero attached hydrogens (tertiary/aromatic N) is 4. The summed E-state index contributed by atoms with van der Waals surface area (Å²) < 4.78 is 69.2. The van der Waals surface area contributed by atoms with Crippen molar-refractivity contribution in [2.24, 2.45) is 23.2 Å². The molecule has 1 aliphatic carbocycles. The maximum atomic E-state index is 16.4. The van der Waals surface area contributed by atoms with Crippen LogP contribution in [0.2, 0.25) is 0 Å². The third-order valence-corrected chi connectivity index (χ3v) is 17.2. The number of halogens is 2. The molecule has 0 aromatic heterocycles. The third-order valence-electron chi connectivity index (χ3n) is 15.4. The standard InChI is InChI=1S/C48H60F2N4O6S/c1-59-44(55)27-36-5-2-8-43(36)48(32-51-21-4-22-51,38-6-3-7-39(49)28-38)37-17-23-52(24-18-37)29-47(50)30-54(31-47)40-11-15-42(16-12-40)61(57,58)41-13-9-35(10-14-41)45(56)53-25-19-46(20-26-53)33-60-34-46/h3,6-7,9-16,28,36-37,43H,2,4-5,8,17-27,29-34H2,1H3/t36-,43+,48+/m1/s1. The van der Waals surface area contributed by atoms with Gasteiger partial charge in [-0.15, -0.1) is 0 Å². The summed E-state index contributed by atoms with van der Waals surface area (Å²) in [6.45, 7) is 8.04. The van der Waals surface area contributed by atoms with E-state index in [4.69, 9.17) is 9.47 Å². The zero-order valence-corrected chi connectivity index (χ0v) is 36.2. The summed E-state index contributed by atoms with van der Waals surface area (Å²) >= 11 is 0. The first-order chi connectivity index (χ1) is 29.4. The highest BCUT2D eigenvalue weighted by atomic mass is 32.2. The van der Waals surface area contributed by atoms with Gasteiger partial charge >= 0.3 is 5.97 Å². The Morgan fingerprint density at radius 1 is 0.836 bits per heavy atom. The van der Waals surface area contributed by atoms with Crippen molar-refractivity contribution in [3.8, 4) is 0 Å². The van der Waals surface area contributed by atoms with Gasteiger partial charge in [-0.25, -0.2) is 17.2 Å². The summed E-state index contributed by atoms with van der Waals surface area (Å²) in [5.41, 5.74) is 0.778. The molecular formula is C48H60F2N4O6S. The molecular weight excluding hydrogens is 799 g/mol. The van der Waals surface area contributed by atoms with E-state index in [1.807, 2.05) is 15.9 Å². The summed E-state index contributed by atoms with van der Waals surface area (Å²) in [6.07, 6.45) is 8.12. The number of methoxy groups -OCH3 is 1. The van der Waals surface area contributed by atoms with Gasteiger partial charge in [-0.1, -0.05) is 18.6 Å². The van der Waals surface area contributed by atoms with Crippen molar-refractivity contribution in [3.05, 3.63) is 89.7 Å². The van der Waals surface area contributed by atoms with Gasteiger partial charge in [-0.05, 0) is 155 Å². The first-order valence-corrected chi connectivity index (χ1v) is 23.9. The Bertz CT molecular complexity index is 2160. The number of amides is 1. The van der Waals surface area contributed by atoms with Gasteiger partial charge in [0.15, 0.2) is 5.67 Å². The van der Waals surface area contributed by atoms with E-state index >= 15 is 8.78 Å². The van der Waals surface area contributed by atoms with Crippen molar-refractivity contribution in [3.63, 3.8) is 0 Å². The van der Waals surface area contributed by atoms with E-state index in [1.165, 1.54) is 25.3 Å². The number of carbonyl (C=O) groups excluding carboxylic acids is 2. The van der Waals surface area contributed by atoms with Crippen LogP contribution >= 0.6 is 0 Å². The Morgan fingerprint density at radius 2 is 1.51 bits per heavy atom. The van der Waals surface area contributed by atoms with Crippen molar-refractivity contribution >= 4 is 27.4 Å². The fourth-order valence-corrected chi connectivity index (χ4v) is 13.0. The van der Waals surface area contributed by atoms with Gasteiger partial charge in [0.25, 0.3) is 5.91 Å². The molecule has 0 bridgehead atoms. The SMILES string of the molecule is COC(=O)C[C@H]1CCC[C@@H]1[C@](CN1CCC1)(c1cccc(F)c1)C1CCN(CC2(F)CN(c3ccc(S(=O)(=O)c4ccc(C(=O)N5CCC6(CC5)COC6)cc4)cc3)C2)CC1. The van der Waals surface area contributed by atoms with E-state index in [2.05, 4.69) is 15.9 Å². The summed E-state index contributed by atoms with van der Waals surface area (Å²) in [4.78, 5) is 34.6. The van der Waals surface area contributed by atoms with Gasteiger partial charge in [0.2, 0.25) is 9.84 Å². The number of anilines is 1. The lowest BCUT2D eigenvalue weighted by atomic mass is 9.56. The lowest BCUT2D eigenvalue weighted by molar-refractivity contribution is -0.142. The fraction of sp³-hybridized carbons (Fsp3) is 0.583. The van der Waals surface area contributed by atoms with Crippen LogP contribution in [0.1, 0.15) is 73.7 Å². The molecule has 1 saturated carbocycles. The van der Waals surface area contributed by atoms with E-state index < -0.39 is 15.5 Å². The van der Waals surface area contributed by atoms with Gasteiger partial charge < -0.3 is 24.2 Å². The van der Waals surface area contributed by atoms with Crippen molar-refractivity contribution in [1.82, 2.24) is 14.7 Å². The number of hydrogen-bond donors (Lipinski definition) is 0. The van der Waals surface area contributed by atoms with Gasteiger partial charge in [-0.2, -0.15) is 0 Å². The highest BCUT2D eigenvalue weighted by Gasteiger charge is 2.54. The minimum atomic E-state index is -3.83. The lowest BCUT2D eigenvalue weighted by Gasteiger charge is -2.54. The number of sulfone groups is 1. The minimum Gasteiger partial charge on any atom is -0.469 e. The molecule has 5 aliphatic heterocycles. The summed E-state index contributed by atoms with van der Waals surface area (Å²) in [5, 5.41) is 0. The molecule has 61 heavy (non-hydrogen) atoms. The first kappa shape index (κ1) is 42.4. The molecule has 1 spiro atoms. The van der Waals surface area contributed by atoms with Crippen LogP contribution in [0, 0.1) is 29.0 Å². The van der Waals surface area contributed by atoms with Crippen molar-refractivity contribution < 1.29 is 36.3 Å². The molecule has 5 heterocycles. The molecule has 3 atom stereocenters. The van der Waals surface area contributed by atoms with Crippen LogP contribution in [0.25, 0.3) is 0 Å². The van der Waals surface area contributed by atoms with Crippen LogP contribution in [0.15, 0.2) is 82.6 Å². The molecule has 328 valence electrons. The number of likely N-dealkylation sites (tertiary alicyclic amines) is 3. The highest BCUT2D eigenvalue weighted by molar-refractivity contribution is 7.91. The van der Waals surface area contributed by atoms with Crippen LogP contribution in [-0.4, -0.2) is 126 Å². The number of benzene rings is 3. The largest absolute Gasteiger partial charge is 0.469 e. The number of hydrogen-bond acceptors (Lipinski definition) is 9. The zero-order chi connectivity index (χ0) is 42.4. The van der Waals surface area contributed by atoms with Gasteiger partial charge in [0.1, 0.15) is 5.82 Å². The zero-order valence-electron chi connectivity index (χ0n) is 35.4. The Morgan fingerprint density at radius 3 is 2.10 bits per heavy atom. The molecule has 13 heteroatoms. The normalized spacial score (nSPS) is 25.3. The molecule has 1 amide bonds. The monoisotopic (exact) mass is 858 g/mol. The van der Waals surface area contributed by atoms with Gasteiger partial charge in [0.05, 0.1) is 43.2 Å². The predicted octanol–water partition coefficient (Wildman–Crippen LogP) is 6.77. The maximum absolute atomic E-state index is 16.4. The average Bonchev–Trinajstić information content (AvgIpc) is 3.70. The molecule has 0 radical (unpaired) electrons. The topological polar surface area (TPSA) is 99.7 Å². The maximum Gasteiger partial charge on any atom is 0.305 e. The van der Waals surface area contributed by atoms with Crippen LogP contribution in [0.3, 0.4) is 0 Å². The second-order valence-electron chi connectivity index (χ2n) is 19.1. The Hall–Kier alpha value is -3.91. The number of ether oxygens (including phenoxy) is 2. The van der Waals surface area contributed by atoms with E-state index in [9.17, 15) is 18.0 Å². The second-order valence-corrected chi connectivity index (χ2v) is 21.1. The summed E-state index contributed by atoms with van der Waals surface area (Å²) in [6, 6.07) is 20.0. The summed E-state index contributed by atoms with van der Waals surface area (Å²) in [5.74, 6) is 0.141. The lowest BCUT2D eigenvalue weighted by Crippen LogP contribution is -2.64. The van der Waals surface area contributed by atoms with Crippen LogP contribution in [0.4, 0.5) is 14.5 Å². The van der Waals surface area contributed by atoms with Crippen LogP contribution < -0.4 is 4.90 Å². The molecule has 0 N–H and O–H groups in total. The quantitative estimate of drug-likeness (QED) is 0.173. The Balaban J connectivity index is 0.817.